The number of aromatic carboxylic acids is 1. The highest BCUT2D eigenvalue weighted by Crippen LogP contribution is 2.31. The van der Waals surface area contributed by atoms with Gasteiger partial charge in [-0.25, -0.2) is 4.79 Å². The van der Waals surface area contributed by atoms with Crippen LogP contribution in [-0.2, 0) is 0 Å². The minimum atomic E-state index is -1.25. The van der Waals surface area contributed by atoms with Gasteiger partial charge in [0.1, 0.15) is 17.2 Å². The van der Waals surface area contributed by atoms with Crippen LogP contribution in [0.1, 0.15) is 10.6 Å². The Morgan fingerprint density at radius 2 is 2.00 bits per heavy atom. The molecule has 0 atom stereocenters. The fraction of sp³-hybridized carbons (Fsp3) is 0. The van der Waals surface area contributed by atoms with Crippen LogP contribution in [0.2, 0.25) is 0 Å². The third kappa shape index (κ3) is 1.68. The summed E-state index contributed by atoms with van der Waals surface area (Å²) in [4.78, 5) is 10.6. The van der Waals surface area contributed by atoms with Crippen LogP contribution >= 0.6 is 0 Å². The van der Waals surface area contributed by atoms with E-state index in [9.17, 15) is 15.0 Å². The molecule has 0 spiro atoms. The van der Waals surface area contributed by atoms with Gasteiger partial charge in [0.15, 0.2) is 0 Å². The van der Waals surface area contributed by atoms with Crippen LogP contribution in [0.4, 0.5) is 0 Å². The fourth-order valence-corrected chi connectivity index (χ4v) is 1.23. The quantitative estimate of drug-likeness (QED) is 0.663. The first-order chi connectivity index (χ1) is 7.58. The van der Waals surface area contributed by atoms with Gasteiger partial charge in [-0.2, -0.15) is 0 Å². The number of carboxylic acid groups (broad SMARTS) is 1. The van der Waals surface area contributed by atoms with E-state index in [1.807, 2.05) is 0 Å². The summed E-state index contributed by atoms with van der Waals surface area (Å²) in [6.07, 6.45) is 0. The van der Waals surface area contributed by atoms with Crippen molar-refractivity contribution in [2.75, 3.05) is 0 Å². The second-order valence-electron chi connectivity index (χ2n) is 3.08. The van der Waals surface area contributed by atoms with Gasteiger partial charge in [0, 0.05) is 11.6 Å². The molecule has 0 amide bonds. The Balaban J connectivity index is 2.50. The van der Waals surface area contributed by atoms with Gasteiger partial charge in [-0.3, -0.25) is 0 Å². The first-order valence-corrected chi connectivity index (χ1v) is 4.30. The van der Waals surface area contributed by atoms with Gasteiger partial charge < -0.3 is 19.8 Å². The highest BCUT2D eigenvalue weighted by atomic mass is 16.5. The standard InChI is InChI=1S/C10H7NO5/c12-5-1-2-8(13)6(3-5)7-4-9(10(14)15)16-11-7/h1-4,12-13H,(H,14,15). The molecule has 0 bridgehead atoms. The average molecular weight is 221 g/mol. The Kier molecular flexibility index (Phi) is 2.24. The Hall–Kier alpha value is -2.50. The van der Waals surface area contributed by atoms with E-state index in [4.69, 9.17) is 5.11 Å². The molecule has 6 heteroatoms. The lowest BCUT2D eigenvalue weighted by Gasteiger charge is -2.00. The monoisotopic (exact) mass is 221 g/mol. The van der Waals surface area contributed by atoms with Crippen molar-refractivity contribution in [3.8, 4) is 22.8 Å². The Morgan fingerprint density at radius 1 is 1.25 bits per heavy atom. The van der Waals surface area contributed by atoms with Gasteiger partial charge in [0.2, 0.25) is 5.76 Å². The van der Waals surface area contributed by atoms with E-state index < -0.39 is 5.97 Å². The smallest absolute Gasteiger partial charge is 0.374 e. The van der Waals surface area contributed by atoms with E-state index >= 15 is 0 Å². The maximum Gasteiger partial charge on any atom is 0.374 e. The maximum atomic E-state index is 10.6. The third-order valence-electron chi connectivity index (χ3n) is 1.98. The predicted molar refractivity (Wildman–Crippen MR) is 52.2 cm³/mol. The van der Waals surface area contributed by atoms with Crippen molar-refractivity contribution < 1.29 is 24.6 Å². The van der Waals surface area contributed by atoms with Crippen LogP contribution in [0.3, 0.4) is 0 Å². The lowest BCUT2D eigenvalue weighted by molar-refractivity contribution is 0.0652. The van der Waals surface area contributed by atoms with Gasteiger partial charge in [0.05, 0.1) is 0 Å². The van der Waals surface area contributed by atoms with Gasteiger partial charge in [-0.1, -0.05) is 5.16 Å². The van der Waals surface area contributed by atoms with Crippen molar-refractivity contribution in [2.24, 2.45) is 0 Å². The largest absolute Gasteiger partial charge is 0.508 e. The summed E-state index contributed by atoms with van der Waals surface area (Å²) in [5, 5.41) is 30.8. The molecule has 1 aromatic heterocycles. The van der Waals surface area contributed by atoms with E-state index in [1.165, 1.54) is 18.2 Å². The summed E-state index contributed by atoms with van der Waals surface area (Å²) in [7, 11) is 0. The van der Waals surface area contributed by atoms with Crippen molar-refractivity contribution in [3.63, 3.8) is 0 Å². The summed E-state index contributed by atoms with van der Waals surface area (Å²) >= 11 is 0. The van der Waals surface area contributed by atoms with Crippen molar-refractivity contribution >= 4 is 5.97 Å². The number of phenolic OH excluding ortho intramolecular Hbond substituents is 2. The molecule has 0 radical (unpaired) electrons. The highest BCUT2D eigenvalue weighted by molar-refractivity contribution is 5.86. The number of carbonyl (C=O) groups is 1. The number of carboxylic acids is 1. The Labute approximate surface area is 89.4 Å². The average Bonchev–Trinajstić information content (AvgIpc) is 2.70. The molecule has 3 N–H and O–H groups in total. The zero-order valence-electron chi connectivity index (χ0n) is 7.91. The van der Waals surface area contributed by atoms with E-state index in [-0.39, 0.29) is 28.5 Å². The first kappa shape index (κ1) is 10.0. The van der Waals surface area contributed by atoms with E-state index in [0.29, 0.717) is 0 Å². The summed E-state index contributed by atoms with van der Waals surface area (Å²) < 4.78 is 4.53. The molecule has 1 aromatic carbocycles. The number of hydrogen-bond acceptors (Lipinski definition) is 5. The molecule has 0 fully saturated rings. The molecule has 2 rings (SSSR count). The lowest BCUT2D eigenvalue weighted by atomic mass is 10.1. The second kappa shape index (κ2) is 3.58. The molecule has 6 nitrogen and oxygen atoms in total. The number of nitrogens with zero attached hydrogens (tertiary/aromatic N) is 1. The molecule has 0 saturated heterocycles. The van der Waals surface area contributed by atoms with Gasteiger partial charge in [-0.05, 0) is 18.2 Å². The molecule has 0 aliphatic carbocycles. The third-order valence-corrected chi connectivity index (χ3v) is 1.98. The van der Waals surface area contributed by atoms with Crippen LogP contribution in [0.15, 0.2) is 28.8 Å². The van der Waals surface area contributed by atoms with Crippen LogP contribution in [0, 0.1) is 0 Å². The number of hydrogen-bond donors (Lipinski definition) is 3. The number of aromatic nitrogens is 1. The van der Waals surface area contributed by atoms with Gasteiger partial charge >= 0.3 is 5.97 Å². The zero-order valence-corrected chi connectivity index (χ0v) is 7.91. The molecule has 1 heterocycles. The summed E-state index contributed by atoms with van der Waals surface area (Å²) in [5.41, 5.74) is 0.349. The summed E-state index contributed by atoms with van der Waals surface area (Å²) in [6.45, 7) is 0. The second-order valence-corrected chi connectivity index (χ2v) is 3.08. The van der Waals surface area contributed by atoms with E-state index in [1.54, 1.807) is 0 Å². The van der Waals surface area contributed by atoms with E-state index in [0.717, 1.165) is 6.07 Å². The zero-order chi connectivity index (χ0) is 11.7. The molecule has 2 aromatic rings. The topological polar surface area (TPSA) is 104 Å². The van der Waals surface area contributed by atoms with Crippen molar-refractivity contribution in [1.82, 2.24) is 5.16 Å². The maximum absolute atomic E-state index is 10.6. The Bertz CT molecular complexity index is 546. The normalized spacial score (nSPS) is 10.2. The molecular weight excluding hydrogens is 214 g/mol. The number of phenols is 2. The number of aromatic hydroxyl groups is 2. The molecule has 0 unspecified atom stereocenters. The predicted octanol–water partition coefficient (Wildman–Crippen LogP) is 1.45. The minimum absolute atomic E-state index is 0.0623. The fourth-order valence-electron chi connectivity index (χ4n) is 1.23. The molecule has 0 saturated carbocycles. The minimum Gasteiger partial charge on any atom is -0.508 e. The van der Waals surface area contributed by atoms with Crippen LogP contribution in [0.5, 0.6) is 11.5 Å². The molecule has 16 heavy (non-hydrogen) atoms. The number of benzene rings is 1. The molecular formula is C10H7NO5. The van der Waals surface area contributed by atoms with Crippen LogP contribution < -0.4 is 0 Å². The first-order valence-electron chi connectivity index (χ1n) is 4.30. The van der Waals surface area contributed by atoms with E-state index in [2.05, 4.69) is 9.68 Å². The summed E-state index contributed by atoms with van der Waals surface area (Å²) in [6, 6.07) is 5.01. The highest BCUT2D eigenvalue weighted by Gasteiger charge is 2.15. The van der Waals surface area contributed by atoms with Gasteiger partial charge in [-0.15, -0.1) is 0 Å². The van der Waals surface area contributed by atoms with Crippen LogP contribution in [0.25, 0.3) is 11.3 Å². The number of rotatable bonds is 2. The molecule has 0 aliphatic rings. The van der Waals surface area contributed by atoms with Crippen molar-refractivity contribution in [3.05, 3.63) is 30.0 Å². The summed E-state index contributed by atoms with van der Waals surface area (Å²) in [5.74, 6) is -1.77. The van der Waals surface area contributed by atoms with Crippen LogP contribution in [-0.4, -0.2) is 26.4 Å². The SMILES string of the molecule is O=C(O)c1cc(-c2cc(O)ccc2O)no1. The molecule has 82 valence electrons. The Morgan fingerprint density at radius 3 is 2.62 bits per heavy atom. The lowest BCUT2D eigenvalue weighted by Crippen LogP contribution is -1.91. The van der Waals surface area contributed by atoms with Gasteiger partial charge in [0.25, 0.3) is 0 Å². The van der Waals surface area contributed by atoms with Crippen molar-refractivity contribution in [1.29, 1.82) is 0 Å². The van der Waals surface area contributed by atoms with Crippen molar-refractivity contribution in [2.45, 2.75) is 0 Å². The molecule has 0 aliphatic heterocycles.